The number of nitrogens with one attached hydrogen (secondary N) is 1. The van der Waals surface area contributed by atoms with Crippen LogP contribution in [0.15, 0.2) is 84.9 Å². The van der Waals surface area contributed by atoms with E-state index in [-0.39, 0.29) is 0 Å². The number of aromatic amines is 1. The van der Waals surface area contributed by atoms with Crippen molar-refractivity contribution >= 4 is 53.3 Å². The third kappa shape index (κ3) is 1.85. The highest BCUT2D eigenvalue weighted by atomic mass is 32.1. The summed E-state index contributed by atoms with van der Waals surface area (Å²) in [6, 6.07) is 30.4. The summed E-state index contributed by atoms with van der Waals surface area (Å²) >= 11 is 1.90. The van der Waals surface area contributed by atoms with Crippen molar-refractivity contribution in [1.82, 2.24) is 4.98 Å². The molecule has 0 spiro atoms. The van der Waals surface area contributed by atoms with Crippen LogP contribution in [-0.2, 0) is 0 Å². The second-order valence-corrected chi connectivity index (χ2v) is 7.73. The summed E-state index contributed by atoms with van der Waals surface area (Å²) in [5.74, 6) is 0. The summed E-state index contributed by atoms with van der Waals surface area (Å²) in [6.45, 7) is 0. The van der Waals surface area contributed by atoms with Gasteiger partial charge in [-0.25, -0.2) is 0 Å². The number of hydrogen-bond acceptors (Lipinski definition) is 1. The number of thiophene rings is 1. The summed E-state index contributed by atoms with van der Waals surface area (Å²) in [5.41, 5.74) is 5.01. The Hall–Kier alpha value is -3.10. The molecule has 0 aliphatic carbocycles. The SMILES string of the molecule is c1ccc(-c2cccc3sc4c(ccc5[nH]c6ccccc6c54)c23)cc1. The van der Waals surface area contributed by atoms with Gasteiger partial charge < -0.3 is 4.98 Å². The van der Waals surface area contributed by atoms with Crippen molar-refractivity contribution in [2.45, 2.75) is 0 Å². The second-order valence-electron chi connectivity index (χ2n) is 6.68. The number of aromatic nitrogens is 1. The van der Waals surface area contributed by atoms with E-state index >= 15 is 0 Å². The van der Waals surface area contributed by atoms with Crippen molar-refractivity contribution in [1.29, 1.82) is 0 Å². The lowest BCUT2D eigenvalue weighted by Crippen LogP contribution is -1.78. The van der Waals surface area contributed by atoms with Crippen LogP contribution < -0.4 is 0 Å². The van der Waals surface area contributed by atoms with Crippen LogP contribution in [0.3, 0.4) is 0 Å². The lowest BCUT2D eigenvalue weighted by molar-refractivity contribution is 1.55. The second kappa shape index (κ2) is 5.20. The van der Waals surface area contributed by atoms with E-state index in [0.717, 1.165) is 0 Å². The zero-order chi connectivity index (χ0) is 17.1. The lowest BCUT2D eigenvalue weighted by atomic mass is 9.99. The molecule has 2 heteroatoms. The van der Waals surface area contributed by atoms with Gasteiger partial charge in [0, 0.05) is 42.0 Å². The van der Waals surface area contributed by atoms with Gasteiger partial charge in [-0.05, 0) is 29.3 Å². The van der Waals surface area contributed by atoms with Crippen molar-refractivity contribution in [2.75, 3.05) is 0 Å². The smallest absolute Gasteiger partial charge is 0.0479 e. The van der Waals surface area contributed by atoms with Crippen LogP contribution in [0.1, 0.15) is 0 Å². The van der Waals surface area contributed by atoms with Gasteiger partial charge in [0.1, 0.15) is 0 Å². The Morgan fingerprint density at radius 1 is 0.577 bits per heavy atom. The molecule has 0 saturated carbocycles. The van der Waals surface area contributed by atoms with Crippen LogP contribution in [0.4, 0.5) is 0 Å². The minimum Gasteiger partial charge on any atom is -0.354 e. The summed E-state index contributed by atoms with van der Waals surface area (Å²) in [6.07, 6.45) is 0. The Morgan fingerprint density at radius 3 is 2.35 bits per heavy atom. The summed E-state index contributed by atoms with van der Waals surface area (Å²) in [7, 11) is 0. The molecule has 0 amide bonds. The topological polar surface area (TPSA) is 15.8 Å². The standard InChI is InChI=1S/C24H15NS/c1-2-7-15(8-3-1)16-10-6-12-21-22(16)18-13-14-20-23(24(18)26-21)17-9-4-5-11-19(17)25-20/h1-14,25H. The highest BCUT2D eigenvalue weighted by Gasteiger charge is 2.15. The Labute approximate surface area is 154 Å². The Bertz CT molecular complexity index is 1420. The predicted molar refractivity (Wildman–Crippen MR) is 114 cm³/mol. The van der Waals surface area contributed by atoms with Crippen molar-refractivity contribution in [2.24, 2.45) is 0 Å². The number of para-hydroxylation sites is 1. The van der Waals surface area contributed by atoms with E-state index in [0.29, 0.717) is 0 Å². The number of benzene rings is 4. The molecule has 6 aromatic rings. The molecule has 2 aromatic heterocycles. The van der Waals surface area contributed by atoms with E-state index in [1.165, 1.54) is 53.1 Å². The molecule has 0 aliphatic rings. The van der Waals surface area contributed by atoms with E-state index in [9.17, 15) is 0 Å². The molecule has 0 unspecified atom stereocenters. The van der Waals surface area contributed by atoms with Gasteiger partial charge >= 0.3 is 0 Å². The maximum Gasteiger partial charge on any atom is 0.0479 e. The van der Waals surface area contributed by atoms with E-state index in [4.69, 9.17) is 0 Å². The molecule has 0 radical (unpaired) electrons. The normalized spacial score (nSPS) is 11.8. The molecule has 26 heavy (non-hydrogen) atoms. The van der Waals surface area contributed by atoms with Gasteiger partial charge in [0.15, 0.2) is 0 Å². The third-order valence-corrected chi connectivity index (χ3v) is 6.40. The molecule has 4 aromatic carbocycles. The predicted octanol–water partition coefficient (Wildman–Crippen LogP) is 7.36. The van der Waals surface area contributed by atoms with Crippen molar-refractivity contribution in [3.63, 3.8) is 0 Å². The number of hydrogen-bond donors (Lipinski definition) is 1. The maximum atomic E-state index is 3.57. The van der Waals surface area contributed by atoms with Gasteiger partial charge in [-0.15, -0.1) is 11.3 Å². The quantitative estimate of drug-likeness (QED) is 0.319. The fraction of sp³-hybridized carbons (Fsp3) is 0. The molecule has 6 rings (SSSR count). The molecule has 122 valence electrons. The van der Waals surface area contributed by atoms with Gasteiger partial charge in [-0.3, -0.25) is 0 Å². The van der Waals surface area contributed by atoms with E-state index < -0.39 is 0 Å². The first-order chi connectivity index (χ1) is 12.9. The first-order valence-corrected chi connectivity index (χ1v) is 9.62. The van der Waals surface area contributed by atoms with Crippen LogP contribution in [0.2, 0.25) is 0 Å². The van der Waals surface area contributed by atoms with Gasteiger partial charge in [0.2, 0.25) is 0 Å². The van der Waals surface area contributed by atoms with Crippen molar-refractivity contribution < 1.29 is 0 Å². The van der Waals surface area contributed by atoms with Crippen LogP contribution in [-0.4, -0.2) is 4.98 Å². The average molecular weight is 349 g/mol. The highest BCUT2D eigenvalue weighted by Crippen LogP contribution is 2.44. The molecule has 2 heterocycles. The van der Waals surface area contributed by atoms with Gasteiger partial charge in [0.05, 0.1) is 0 Å². The average Bonchev–Trinajstić information content (AvgIpc) is 3.26. The number of rotatable bonds is 1. The molecule has 0 atom stereocenters. The Morgan fingerprint density at radius 2 is 1.42 bits per heavy atom. The summed E-state index contributed by atoms with van der Waals surface area (Å²) < 4.78 is 2.72. The minimum absolute atomic E-state index is 1.20. The third-order valence-electron chi connectivity index (χ3n) is 5.22. The molecule has 0 fully saturated rings. The molecule has 0 saturated heterocycles. The first-order valence-electron chi connectivity index (χ1n) is 8.80. The first kappa shape index (κ1) is 14.1. The van der Waals surface area contributed by atoms with E-state index in [1.54, 1.807) is 0 Å². The molecule has 1 N–H and O–H groups in total. The van der Waals surface area contributed by atoms with Gasteiger partial charge in [-0.2, -0.15) is 0 Å². The molecule has 1 nitrogen and oxygen atoms in total. The maximum absolute atomic E-state index is 3.57. The van der Waals surface area contributed by atoms with Crippen LogP contribution in [0.25, 0.3) is 53.1 Å². The molecule has 0 bridgehead atoms. The zero-order valence-corrected chi connectivity index (χ0v) is 14.8. The van der Waals surface area contributed by atoms with Crippen molar-refractivity contribution in [3.05, 3.63) is 84.9 Å². The minimum atomic E-state index is 1.20. The fourth-order valence-corrected chi connectivity index (χ4v) is 5.37. The van der Waals surface area contributed by atoms with Gasteiger partial charge in [0.25, 0.3) is 0 Å². The molecular weight excluding hydrogens is 334 g/mol. The number of H-pyrrole nitrogens is 1. The lowest BCUT2D eigenvalue weighted by Gasteiger charge is -2.04. The van der Waals surface area contributed by atoms with Gasteiger partial charge in [-0.1, -0.05) is 66.7 Å². The van der Waals surface area contributed by atoms with Crippen LogP contribution >= 0.6 is 11.3 Å². The Kier molecular flexibility index (Phi) is 2.82. The van der Waals surface area contributed by atoms with Crippen LogP contribution in [0, 0.1) is 0 Å². The molecule has 0 aliphatic heterocycles. The Balaban J connectivity index is 1.82. The van der Waals surface area contributed by atoms with E-state index in [1.807, 2.05) is 11.3 Å². The van der Waals surface area contributed by atoms with Crippen molar-refractivity contribution in [3.8, 4) is 11.1 Å². The zero-order valence-electron chi connectivity index (χ0n) is 14.0. The summed E-state index contributed by atoms with van der Waals surface area (Å²) in [5, 5.41) is 5.37. The monoisotopic (exact) mass is 349 g/mol. The highest BCUT2D eigenvalue weighted by molar-refractivity contribution is 7.27. The van der Waals surface area contributed by atoms with E-state index in [2.05, 4.69) is 89.9 Å². The van der Waals surface area contributed by atoms with Crippen LogP contribution in [0.5, 0.6) is 0 Å². The largest absolute Gasteiger partial charge is 0.354 e. The molecular formula is C24H15NS. The fourth-order valence-electron chi connectivity index (χ4n) is 4.07. The summed E-state index contributed by atoms with van der Waals surface area (Å²) in [4.78, 5) is 3.57. The number of fused-ring (bicyclic) bond motifs is 7.